The Hall–Kier alpha value is -2.84. The molecular formula is C18H13N3O3S2. The molecular weight excluding hydrogens is 370 g/mol. The van der Waals surface area contributed by atoms with Crippen LogP contribution in [0.4, 0.5) is 0 Å². The van der Waals surface area contributed by atoms with Crippen molar-refractivity contribution in [3.63, 3.8) is 0 Å². The fourth-order valence-corrected chi connectivity index (χ4v) is 4.14. The van der Waals surface area contributed by atoms with Crippen molar-refractivity contribution in [2.24, 2.45) is 0 Å². The maximum atomic E-state index is 12.3. The molecule has 0 amide bonds. The minimum absolute atomic E-state index is 0.0647. The molecule has 130 valence electrons. The fourth-order valence-electron chi connectivity index (χ4n) is 2.42. The van der Waals surface area contributed by atoms with Crippen molar-refractivity contribution in [1.82, 2.24) is 14.6 Å². The summed E-state index contributed by atoms with van der Waals surface area (Å²) < 4.78 is 6.56. The normalized spacial score (nSPS) is 11.0. The van der Waals surface area contributed by atoms with Gasteiger partial charge in [-0.2, -0.15) is 9.61 Å². The summed E-state index contributed by atoms with van der Waals surface area (Å²) in [6.45, 7) is 1.84. The number of carbonyl (C=O) groups excluding carboxylic acids is 1. The van der Waals surface area contributed by atoms with Crippen LogP contribution in [0.5, 0.6) is 0 Å². The second-order valence-electron chi connectivity index (χ2n) is 5.61. The number of fused-ring (bicyclic) bond motifs is 1. The molecule has 26 heavy (non-hydrogen) atoms. The summed E-state index contributed by atoms with van der Waals surface area (Å²) in [7, 11) is 0. The van der Waals surface area contributed by atoms with Gasteiger partial charge in [-0.25, -0.2) is 9.78 Å². The third kappa shape index (κ3) is 3.29. The Morgan fingerprint density at radius 1 is 1.23 bits per heavy atom. The van der Waals surface area contributed by atoms with Gasteiger partial charge in [0.15, 0.2) is 5.01 Å². The number of aryl methyl sites for hydroxylation is 1. The molecule has 0 unspecified atom stereocenters. The first-order valence-corrected chi connectivity index (χ1v) is 9.47. The Morgan fingerprint density at radius 2 is 2.12 bits per heavy atom. The zero-order valence-corrected chi connectivity index (χ0v) is 15.3. The Morgan fingerprint density at radius 3 is 2.88 bits per heavy atom. The van der Waals surface area contributed by atoms with Crippen molar-refractivity contribution in [3.8, 4) is 9.88 Å². The molecule has 1 aromatic carbocycles. The van der Waals surface area contributed by atoms with E-state index in [1.165, 1.54) is 21.9 Å². The average molecular weight is 383 g/mol. The Kier molecular flexibility index (Phi) is 4.36. The van der Waals surface area contributed by atoms with Crippen LogP contribution in [0.15, 0.2) is 52.6 Å². The first-order valence-electron chi connectivity index (χ1n) is 7.77. The summed E-state index contributed by atoms with van der Waals surface area (Å²) in [6, 6.07) is 12.4. The highest BCUT2D eigenvalue weighted by molar-refractivity contribution is 7.23. The van der Waals surface area contributed by atoms with E-state index in [4.69, 9.17) is 4.74 Å². The highest BCUT2D eigenvalue weighted by Crippen LogP contribution is 2.28. The number of carbonyl (C=O) groups is 1. The largest absolute Gasteiger partial charge is 0.456 e. The summed E-state index contributed by atoms with van der Waals surface area (Å²) >= 11 is 2.88. The van der Waals surface area contributed by atoms with Gasteiger partial charge in [-0.1, -0.05) is 35.1 Å². The number of benzene rings is 1. The Balaban J connectivity index is 1.57. The summed E-state index contributed by atoms with van der Waals surface area (Å²) in [6.07, 6.45) is 0. The lowest BCUT2D eigenvalue weighted by Crippen LogP contribution is -2.16. The van der Waals surface area contributed by atoms with E-state index in [2.05, 4.69) is 10.1 Å². The minimum Gasteiger partial charge on any atom is -0.456 e. The van der Waals surface area contributed by atoms with Crippen LogP contribution in [0.2, 0.25) is 0 Å². The van der Waals surface area contributed by atoms with Crippen LogP contribution < -0.4 is 5.56 Å². The van der Waals surface area contributed by atoms with Crippen LogP contribution in [0.25, 0.3) is 14.8 Å². The second kappa shape index (κ2) is 6.81. The number of hydrogen-bond donors (Lipinski definition) is 0. The summed E-state index contributed by atoms with van der Waals surface area (Å²) in [5, 5.41) is 7.00. The molecule has 8 heteroatoms. The van der Waals surface area contributed by atoms with Crippen molar-refractivity contribution in [2.45, 2.75) is 13.5 Å². The van der Waals surface area contributed by atoms with Crippen LogP contribution in [0, 0.1) is 6.92 Å². The van der Waals surface area contributed by atoms with Crippen LogP contribution in [-0.4, -0.2) is 20.6 Å². The first kappa shape index (κ1) is 16.6. The Bertz CT molecular complexity index is 1150. The molecule has 3 heterocycles. The molecule has 4 rings (SSSR count). The summed E-state index contributed by atoms with van der Waals surface area (Å²) in [5.74, 6) is -0.445. The lowest BCUT2D eigenvalue weighted by atomic mass is 10.1. The van der Waals surface area contributed by atoms with Crippen molar-refractivity contribution in [2.75, 3.05) is 0 Å². The molecule has 0 saturated carbocycles. The van der Waals surface area contributed by atoms with Crippen molar-refractivity contribution in [1.29, 1.82) is 0 Å². The zero-order valence-electron chi connectivity index (χ0n) is 13.7. The lowest BCUT2D eigenvalue weighted by Gasteiger charge is -2.05. The van der Waals surface area contributed by atoms with E-state index in [0.29, 0.717) is 16.2 Å². The van der Waals surface area contributed by atoms with Crippen molar-refractivity contribution in [3.05, 3.63) is 75.0 Å². The number of aromatic nitrogens is 3. The number of esters is 1. The van der Waals surface area contributed by atoms with Crippen LogP contribution in [0.1, 0.15) is 21.6 Å². The zero-order chi connectivity index (χ0) is 18.1. The third-order valence-corrected chi connectivity index (χ3v) is 5.58. The summed E-state index contributed by atoms with van der Waals surface area (Å²) in [4.78, 5) is 30.3. The molecule has 3 aromatic heterocycles. The topological polar surface area (TPSA) is 73.6 Å². The molecule has 4 aromatic rings. The molecule has 0 radical (unpaired) electrons. The van der Waals surface area contributed by atoms with Gasteiger partial charge in [0.2, 0.25) is 4.96 Å². The van der Waals surface area contributed by atoms with Gasteiger partial charge in [0.25, 0.3) is 5.56 Å². The smallest absolute Gasteiger partial charge is 0.338 e. The Labute approximate surface area is 156 Å². The van der Waals surface area contributed by atoms with Crippen LogP contribution >= 0.6 is 22.7 Å². The van der Waals surface area contributed by atoms with Gasteiger partial charge in [-0.05, 0) is 30.5 Å². The lowest BCUT2D eigenvalue weighted by molar-refractivity contribution is 0.0467. The van der Waals surface area contributed by atoms with E-state index in [-0.39, 0.29) is 12.2 Å². The summed E-state index contributed by atoms with van der Waals surface area (Å²) in [5.41, 5.74) is 1.55. The van der Waals surface area contributed by atoms with Gasteiger partial charge in [0.05, 0.1) is 16.1 Å². The van der Waals surface area contributed by atoms with Crippen LogP contribution in [-0.2, 0) is 11.3 Å². The van der Waals surface area contributed by atoms with Gasteiger partial charge < -0.3 is 4.74 Å². The molecule has 0 atom stereocenters. The van der Waals surface area contributed by atoms with E-state index < -0.39 is 5.97 Å². The predicted molar refractivity (Wildman–Crippen MR) is 101 cm³/mol. The number of rotatable bonds is 4. The van der Waals surface area contributed by atoms with Gasteiger partial charge in [-0.15, -0.1) is 11.3 Å². The maximum Gasteiger partial charge on any atom is 0.338 e. The quantitative estimate of drug-likeness (QED) is 0.504. The molecule has 0 aliphatic rings. The number of thiophene rings is 1. The number of ether oxygens (including phenoxy) is 1. The predicted octanol–water partition coefficient (Wildman–Crippen LogP) is 3.54. The first-order chi connectivity index (χ1) is 12.6. The minimum atomic E-state index is -0.445. The van der Waals surface area contributed by atoms with Gasteiger partial charge in [0, 0.05) is 6.07 Å². The highest BCUT2D eigenvalue weighted by atomic mass is 32.1. The monoisotopic (exact) mass is 383 g/mol. The van der Waals surface area contributed by atoms with Crippen molar-refractivity contribution >= 4 is 33.6 Å². The van der Waals surface area contributed by atoms with Crippen LogP contribution in [0.3, 0.4) is 0 Å². The van der Waals surface area contributed by atoms with Gasteiger partial charge >= 0.3 is 5.97 Å². The van der Waals surface area contributed by atoms with Gasteiger partial charge in [0.1, 0.15) is 6.61 Å². The van der Waals surface area contributed by atoms with E-state index in [1.807, 2.05) is 30.5 Å². The molecule has 0 aliphatic carbocycles. The molecule has 0 fully saturated rings. The maximum absolute atomic E-state index is 12.3. The standard InChI is InChI=1S/C18H13N3O3S2/c1-11-4-2-5-12(8-11)17(23)24-10-13-9-15(22)21-18(19-13)26-16(20-21)14-6-3-7-25-14/h2-9H,10H2,1H3. The second-order valence-corrected chi connectivity index (χ2v) is 7.51. The number of nitrogens with zero attached hydrogens (tertiary/aromatic N) is 3. The van der Waals surface area contributed by atoms with E-state index in [0.717, 1.165) is 15.4 Å². The van der Waals surface area contributed by atoms with Crippen molar-refractivity contribution < 1.29 is 9.53 Å². The van der Waals surface area contributed by atoms with E-state index >= 15 is 0 Å². The number of hydrogen-bond acceptors (Lipinski definition) is 7. The molecule has 0 aliphatic heterocycles. The van der Waals surface area contributed by atoms with Gasteiger partial charge in [-0.3, -0.25) is 4.79 Å². The molecule has 0 bridgehead atoms. The SMILES string of the molecule is Cc1cccc(C(=O)OCc2cc(=O)n3nc(-c4cccs4)sc3n2)c1. The molecule has 0 N–H and O–H groups in total. The van der Waals surface area contributed by atoms with E-state index in [1.54, 1.807) is 29.5 Å². The van der Waals surface area contributed by atoms with E-state index in [9.17, 15) is 9.59 Å². The molecule has 0 spiro atoms. The average Bonchev–Trinajstić information content (AvgIpc) is 3.29. The third-order valence-electron chi connectivity index (χ3n) is 3.63. The highest BCUT2D eigenvalue weighted by Gasteiger charge is 2.13. The fraction of sp³-hybridized carbons (Fsp3) is 0.111. The molecule has 6 nitrogen and oxygen atoms in total. The molecule has 0 saturated heterocycles.